The maximum Gasteiger partial charge on any atom is 0.162 e. The van der Waals surface area contributed by atoms with Crippen LogP contribution < -0.4 is 14.8 Å². The molecule has 0 spiro atoms. The molecule has 2 aromatic carbocycles. The summed E-state index contributed by atoms with van der Waals surface area (Å²) in [5, 5.41) is 5.47. The van der Waals surface area contributed by atoms with Gasteiger partial charge in [-0.25, -0.2) is 0 Å². The van der Waals surface area contributed by atoms with Crippen molar-refractivity contribution in [3.8, 4) is 11.5 Å². The second-order valence-electron chi connectivity index (χ2n) is 4.96. The smallest absolute Gasteiger partial charge is 0.162 e. The maximum absolute atomic E-state index is 6.34. The zero-order valence-corrected chi connectivity index (χ0v) is 15.1. The first-order valence-corrected chi connectivity index (χ1v) is 8.09. The fraction of sp³-hybridized carbons (Fsp3) is 0.118. The minimum absolute atomic E-state index is 0.454. The van der Waals surface area contributed by atoms with E-state index in [-0.39, 0.29) is 0 Å². The lowest BCUT2D eigenvalue weighted by atomic mass is 10.1. The lowest BCUT2D eigenvalue weighted by Crippen LogP contribution is -1.96. The van der Waals surface area contributed by atoms with Gasteiger partial charge in [0.2, 0.25) is 0 Å². The van der Waals surface area contributed by atoms with Gasteiger partial charge in [0.1, 0.15) is 0 Å². The van der Waals surface area contributed by atoms with Crippen molar-refractivity contribution in [2.75, 3.05) is 19.5 Å². The van der Waals surface area contributed by atoms with Crippen molar-refractivity contribution < 1.29 is 9.47 Å². The van der Waals surface area contributed by atoms with Crippen LogP contribution in [0.4, 0.5) is 11.4 Å². The van der Waals surface area contributed by atoms with Gasteiger partial charge in [-0.15, -0.1) is 0 Å². The number of rotatable bonds is 4. The second kappa shape index (κ2) is 6.93. The van der Waals surface area contributed by atoms with Crippen LogP contribution in [-0.2, 0) is 0 Å². The number of nitrogens with one attached hydrogen (secondary N) is 1. The molecule has 0 aliphatic heterocycles. The van der Waals surface area contributed by atoms with Crippen LogP contribution >= 0.6 is 34.8 Å². The first kappa shape index (κ1) is 17.0. The first-order chi connectivity index (χ1) is 11.5. The molecule has 1 heterocycles. The molecule has 0 saturated heterocycles. The Morgan fingerprint density at radius 2 is 1.58 bits per heavy atom. The van der Waals surface area contributed by atoms with Gasteiger partial charge in [0.25, 0.3) is 0 Å². The first-order valence-electron chi connectivity index (χ1n) is 6.95. The molecule has 24 heavy (non-hydrogen) atoms. The summed E-state index contributed by atoms with van der Waals surface area (Å²) in [6, 6.07) is 8.88. The number of halogens is 3. The number of aromatic nitrogens is 1. The van der Waals surface area contributed by atoms with E-state index in [9.17, 15) is 0 Å². The minimum Gasteiger partial charge on any atom is -0.493 e. The summed E-state index contributed by atoms with van der Waals surface area (Å²) < 4.78 is 10.7. The average molecular weight is 384 g/mol. The Morgan fingerprint density at radius 3 is 2.25 bits per heavy atom. The van der Waals surface area contributed by atoms with Gasteiger partial charge in [0, 0.05) is 23.3 Å². The SMILES string of the molecule is COc1cc2ncc(Cl)c(Nc3ccc(Cl)c(Cl)c3)c2cc1OC. The van der Waals surface area contributed by atoms with E-state index in [1.165, 1.54) is 0 Å². The van der Waals surface area contributed by atoms with Gasteiger partial charge in [0.15, 0.2) is 11.5 Å². The van der Waals surface area contributed by atoms with Gasteiger partial charge in [0.05, 0.1) is 40.5 Å². The molecule has 0 amide bonds. The van der Waals surface area contributed by atoms with Crippen molar-refractivity contribution >= 4 is 57.1 Å². The van der Waals surface area contributed by atoms with Gasteiger partial charge >= 0.3 is 0 Å². The third-order valence-electron chi connectivity index (χ3n) is 3.52. The van der Waals surface area contributed by atoms with Gasteiger partial charge < -0.3 is 14.8 Å². The molecule has 0 radical (unpaired) electrons. The van der Waals surface area contributed by atoms with Crippen molar-refractivity contribution in [1.29, 1.82) is 0 Å². The quantitative estimate of drug-likeness (QED) is 0.604. The molecule has 0 bridgehead atoms. The van der Waals surface area contributed by atoms with Crippen LogP contribution in [0, 0.1) is 0 Å². The van der Waals surface area contributed by atoms with Crippen molar-refractivity contribution in [3.05, 3.63) is 51.6 Å². The Morgan fingerprint density at radius 1 is 0.875 bits per heavy atom. The number of pyridine rings is 1. The zero-order valence-electron chi connectivity index (χ0n) is 12.9. The molecule has 1 aromatic heterocycles. The number of benzene rings is 2. The summed E-state index contributed by atoms with van der Waals surface area (Å²) in [4.78, 5) is 4.34. The highest BCUT2D eigenvalue weighted by atomic mass is 35.5. The van der Waals surface area contributed by atoms with Crippen LogP contribution in [0.15, 0.2) is 36.5 Å². The number of hydrogen-bond acceptors (Lipinski definition) is 4. The summed E-state index contributed by atoms with van der Waals surface area (Å²) in [6.45, 7) is 0. The lowest BCUT2D eigenvalue weighted by molar-refractivity contribution is 0.356. The fourth-order valence-electron chi connectivity index (χ4n) is 2.34. The summed E-state index contributed by atoms with van der Waals surface area (Å²) in [6.07, 6.45) is 1.58. The van der Waals surface area contributed by atoms with Crippen molar-refractivity contribution in [1.82, 2.24) is 4.98 Å². The van der Waals surface area contributed by atoms with E-state index in [0.29, 0.717) is 32.3 Å². The monoisotopic (exact) mass is 382 g/mol. The Balaban J connectivity index is 2.15. The van der Waals surface area contributed by atoms with Crippen LogP contribution in [0.5, 0.6) is 11.5 Å². The predicted octanol–water partition coefficient (Wildman–Crippen LogP) is 5.96. The average Bonchev–Trinajstić information content (AvgIpc) is 2.59. The number of anilines is 2. The molecule has 1 N–H and O–H groups in total. The normalized spacial score (nSPS) is 10.7. The Labute approximate surface area is 154 Å². The zero-order chi connectivity index (χ0) is 17.3. The molecule has 0 aliphatic rings. The molecule has 7 heteroatoms. The molecule has 124 valence electrons. The van der Waals surface area contributed by atoms with Crippen LogP contribution in [0.25, 0.3) is 10.9 Å². The largest absolute Gasteiger partial charge is 0.493 e. The van der Waals surface area contributed by atoms with E-state index in [1.807, 2.05) is 12.1 Å². The fourth-order valence-corrected chi connectivity index (χ4v) is 2.84. The number of hydrogen-bond donors (Lipinski definition) is 1. The van der Waals surface area contributed by atoms with E-state index in [1.54, 1.807) is 38.6 Å². The van der Waals surface area contributed by atoms with E-state index < -0.39 is 0 Å². The highest BCUT2D eigenvalue weighted by molar-refractivity contribution is 6.42. The maximum atomic E-state index is 6.34. The second-order valence-corrected chi connectivity index (χ2v) is 6.18. The van der Waals surface area contributed by atoms with Gasteiger partial charge in [-0.05, 0) is 24.3 Å². The number of methoxy groups -OCH3 is 2. The summed E-state index contributed by atoms with van der Waals surface area (Å²) >= 11 is 18.4. The molecule has 4 nitrogen and oxygen atoms in total. The van der Waals surface area contributed by atoms with Crippen LogP contribution in [-0.4, -0.2) is 19.2 Å². The van der Waals surface area contributed by atoms with Gasteiger partial charge in [-0.2, -0.15) is 0 Å². The molecule has 3 rings (SSSR count). The third kappa shape index (κ3) is 3.18. The molecule has 0 atom stereocenters. The molecular formula is C17H13Cl3N2O2. The lowest BCUT2D eigenvalue weighted by Gasteiger charge is -2.14. The Kier molecular flexibility index (Phi) is 4.90. The van der Waals surface area contributed by atoms with E-state index in [4.69, 9.17) is 44.3 Å². The van der Waals surface area contributed by atoms with Gasteiger partial charge in [-0.3, -0.25) is 4.98 Å². The molecule has 0 aliphatic carbocycles. The van der Waals surface area contributed by atoms with Crippen LogP contribution in [0.1, 0.15) is 0 Å². The minimum atomic E-state index is 0.454. The molecule has 3 aromatic rings. The van der Waals surface area contributed by atoms with Crippen molar-refractivity contribution in [2.45, 2.75) is 0 Å². The Hall–Kier alpha value is -1.88. The highest BCUT2D eigenvalue weighted by Crippen LogP contribution is 2.39. The van der Waals surface area contributed by atoms with Gasteiger partial charge in [-0.1, -0.05) is 34.8 Å². The Bertz CT molecular complexity index is 916. The molecule has 0 fully saturated rings. The molecular weight excluding hydrogens is 371 g/mol. The van der Waals surface area contributed by atoms with E-state index in [0.717, 1.165) is 16.6 Å². The number of fused-ring (bicyclic) bond motifs is 1. The standard InChI is InChI=1S/C17H13Cl3N2O2/c1-23-15-6-10-14(7-16(15)24-2)21-8-13(20)17(10)22-9-3-4-11(18)12(19)5-9/h3-8H,1-2H3,(H,21,22). The third-order valence-corrected chi connectivity index (χ3v) is 4.54. The van der Waals surface area contributed by atoms with Crippen LogP contribution in [0.3, 0.4) is 0 Å². The highest BCUT2D eigenvalue weighted by Gasteiger charge is 2.13. The predicted molar refractivity (Wildman–Crippen MR) is 99.6 cm³/mol. The summed E-state index contributed by atoms with van der Waals surface area (Å²) in [7, 11) is 3.15. The molecule has 0 unspecified atom stereocenters. The van der Waals surface area contributed by atoms with Crippen molar-refractivity contribution in [2.24, 2.45) is 0 Å². The summed E-state index contributed by atoms with van der Waals surface area (Å²) in [5.41, 5.74) is 2.18. The number of ether oxygens (including phenoxy) is 2. The summed E-state index contributed by atoms with van der Waals surface area (Å²) in [5.74, 6) is 1.19. The van der Waals surface area contributed by atoms with E-state index >= 15 is 0 Å². The molecule has 0 saturated carbocycles. The number of nitrogens with zero attached hydrogens (tertiary/aromatic N) is 1. The topological polar surface area (TPSA) is 43.4 Å². The van der Waals surface area contributed by atoms with E-state index in [2.05, 4.69) is 10.3 Å². The van der Waals surface area contributed by atoms with Crippen LogP contribution in [0.2, 0.25) is 15.1 Å². The van der Waals surface area contributed by atoms with Crippen molar-refractivity contribution in [3.63, 3.8) is 0 Å².